The molecule has 0 heterocycles. The van der Waals surface area contributed by atoms with Crippen molar-refractivity contribution in [2.45, 2.75) is 40.5 Å². The molecule has 0 bridgehead atoms. The van der Waals surface area contributed by atoms with Crippen molar-refractivity contribution in [2.75, 3.05) is 0 Å². The molecule has 0 aliphatic rings. The Morgan fingerprint density at radius 1 is 1.00 bits per heavy atom. The van der Waals surface area contributed by atoms with Crippen molar-refractivity contribution < 1.29 is 0 Å². The van der Waals surface area contributed by atoms with E-state index in [0.717, 1.165) is 0 Å². The van der Waals surface area contributed by atoms with Crippen LogP contribution in [0.4, 0.5) is 0 Å². The summed E-state index contributed by atoms with van der Waals surface area (Å²) in [6.07, 6.45) is 5.92. The third-order valence-electron chi connectivity index (χ3n) is 0.667. The van der Waals surface area contributed by atoms with Gasteiger partial charge in [0, 0.05) is 0 Å². The Morgan fingerprint density at radius 2 is 1.17 bits per heavy atom. The maximum atomic E-state index is 3.56. The highest BCUT2D eigenvalue weighted by Crippen LogP contribution is 1.76. The lowest BCUT2D eigenvalue weighted by atomic mass is 10.4. The zero-order chi connectivity index (χ0) is 10.4. The average molecular weight is 168 g/mol. The summed E-state index contributed by atoms with van der Waals surface area (Å²) in [5, 5.41) is 0. The third-order valence-corrected chi connectivity index (χ3v) is 0.667. The maximum Gasteiger partial charge on any atom is -0.0445 e. The lowest BCUT2D eigenvalue weighted by Gasteiger charge is -1.68. The minimum atomic E-state index is 1.17. The molecule has 0 aromatic rings. The van der Waals surface area contributed by atoms with Crippen molar-refractivity contribution in [1.82, 2.24) is 0 Å². The molecule has 0 aromatic heterocycles. The lowest BCUT2D eigenvalue weighted by Crippen LogP contribution is -1.47. The smallest absolute Gasteiger partial charge is 0.0445 e. The molecule has 0 nitrogen and oxygen atoms in total. The minimum absolute atomic E-state index is 1.17. The lowest BCUT2D eigenvalue weighted by molar-refractivity contribution is 0.886. The van der Waals surface area contributed by atoms with Gasteiger partial charge in [-0.25, -0.2) is 0 Å². The molecule has 0 spiro atoms. The first-order chi connectivity index (χ1) is 5.56. The third kappa shape index (κ3) is 419. The first-order valence-electron chi connectivity index (χ1n) is 4.42. The molecular formula is C12H24. The molecule has 0 heteroatoms. The van der Waals surface area contributed by atoms with Crippen LogP contribution in [0.15, 0.2) is 37.5 Å². The van der Waals surface area contributed by atoms with E-state index in [9.17, 15) is 0 Å². The molecule has 0 atom stereocenters. The van der Waals surface area contributed by atoms with Crippen molar-refractivity contribution >= 4 is 0 Å². The van der Waals surface area contributed by atoms with Gasteiger partial charge in [-0.3, -0.25) is 0 Å². The summed E-state index contributed by atoms with van der Waals surface area (Å²) in [6, 6.07) is 0. The number of allylic oxidation sites excluding steroid dienone is 3. The van der Waals surface area contributed by atoms with E-state index in [-0.39, 0.29) is 0 Å². The van der Waals surface area contributed by atoms with E-state index in [0.29, 0.717) is 0 Å². The summed E-state index contributed by atoms with van der Waals surface area (Å²) in [5.41, 5.74) is 1.17. The topological polar surface area (TPSA) is 0 Å². The van der Waals surface area contributed by atoms with Crippen molar-refractivity contribution in [3.05, 3.63) is 37.5 Å². The zero-order valence-corrected chi connectivity index (χ0v) is 9.19. The molecule has 0 radical (unpaired) electrons. The highest BCUT2D eigenvalue weighted by atomic mass is 13.6. The van der Waals surface area contributed by atoms with Gasteiger partial charge in [-0.15, -0.1) is 6.58 Å². The van der Waals surface area contributed by atoms with Gasteiger partial charge >= 0.3 is 0 Å². The summed E-state index contributed by atoms with van der Waals surface area (Å²) >= 11 is 0. The molecule has 0 rings (SSSR count). The molecular weight excluding hydrogens is 144 g/mol. The molecule has 0 saturated carbocycles. The fourth-order valence-electron chi connectivity index (χ4n) is 0. The molecule has 72 valence electrons. The Morgan fingerprint density at radius 3 is 1.17 bits per heavy atom. The van der Waals surface area contributed by atoms with Crippen molar-refractivity contribution in [3.63, 3.8) is 0 Å². The van der Waals surface area contributed by atoms with Crippen LogP contribution in [-0.2, 0) is 0 Å². The van der Waals surface area contributed by atoms with E-state index < -0.39 is 0 Å². The van der Waals surface area contributed by atoms with Crippen LogP contribution in [0.25, 0.3) is 0 Å². The molecule has 0 aromatic carbocycles. The fourth-order valence-corrected chi connectivity index (χ4v) is 0. The van der Waals surface area contributed by atoms with Crippen LogP contribution in [0.5, 0.6) is 0 Å². The summed E-state index contributed by atoms with van der Waals surface area (Å²) in [5.74, 6) is 0. The molecule has 0 amide bonds. The molecule has 0 saturated heterocycles. The second kappa shape index (κ2) is 22.5. The van der Waals surface area contributed by atoms with Gasteiger partial charge in [0.15, 0.2) is 0 Å². The number of hydrogen-bond donors (Lipinski definition) is 0. The Labute approximate surface area is 78.7 Å². The van der Waals surface area contributed by atoms with E-state index in [1.807, 2.05) is 13.8 Å². The molecule has 0 fully saturated rings. The van der Waals surface area contributed by atoms with E-state index >= 15 is 0 Å². The summed E-state index contributed by atoms with van der Waals surface area (Å²) in [4.78, 5) is 0. The Hall–Kier alpha value is -0.780. The van der Waals surface area contributed by atoms with Gasteiger partial charge in [0.2, 0.25) is 0 Å². The van der Waals surface area contributed by atoms with E-state index in [1.54, 1.807) is 12.2 Å². The standard InChI is InChI=1S/C4H8.C4H10.C4H6/c1-4(2)3;2*1-3-4-2/h1H2,2-3H3;3-4H2,1-2H3;3-4H,1-2H2. The fraction of sp³-hybridized carbons (Fsp3) is 0.500. The summed E-state index contributed by atoms with van der Waals surface area (Å²) in [7, 11) is 0. The second-order valence-electron chi connectivity index (χ2n) is 2.68. The van der Waals surface area contributed by atoms with Gasteiger partial charge in [-0.1, -0.05) is 57.6 Å². The second-order valence-corrected chi connectivity index (χ2v) is 2.68. The van der Waals surface area contributed by atoms with Crippen molar-refractivity contribution in [3.8, 4) is 0 Å². The van der Waals surface area contributed by atoms with E-state index in [4.69, 9.17) is 0 Å². The van der Waals surface area contributed by atoms with Gasteiger partial charge < -0.3 is 0 Å². The first-order valence-corrected chi connectivity index (χ1v) is 4.42. The zero-order valence-electron chi connectivity index (χ0n) is 9.19. The minimum Gasteiger partial charge on any atom is -0.100 e. The van der Waals surface area contributed by atoms with Gasteiger partial charge in [-0.05, 0) is 13.8 Å². The van der Waals surface area contributed by atoms with Gasteiger partial charge in [-0.2, -0.15) is 0 Å². The van der Waals surface area contributed by atoms with Crippen LogP contribution in [-0.4, -0.2) is 0 Å². The summed E-state index contributed by atoms with van der Waals surface area (Å²) < 4.78 is 0. The normalized spacial score (nSPS) is 6.33. The van der Waals surface area contributed by atoms with Gasteiger partial charge in [0.05, 0.1) is 0 Å². The maximum absolute atomic E-state index is 3.56. The number of unbranched alkanes of at least 4 members (excludes halogenated alkanes) is 1. The van der Waals surface area contributed by atoms with Crippen LogP contribution in [0.1, 0.15) is 40.5 Å². The van der Waals surface area contributed by atoms with Crippen LogP contribution < -0.4 is 0 Å². The Kier molecular flexibility index (Phi) is 32.5. The Bertz CT molecular complexity index is 86.6. The first kappa shape index (κ1) is 17.3. The molecule has 0 unspecified atom stereocenters. The van der Waals surface area contributed by atoms with Gasteiger partial charge in [0.1, 0.15) is 0 Å². The quantitative estimate of drug-likeness (QED) is 0.412. The number of rotatable bonds is 2. The molecule has 0 aliphatic heterocycles. The average Bonchev–Trinajstić information content (AvgIpc) is 2.03. The van der Waals surface area contributed by atoms with Crippen LogP contribution in [0.2, 0.25) is 0 Å². The SMILES string of the molecule is C=C(C)C.C=CC=C.CCCC. The highest BCUT2D eigenvalue weighted by molar-refractivity contribution is 4.88. The predicted molar refractivity (Wildman–Crippen MR) is 61.5 cm³/mol. The van der Waals surface area contributed by atoms with Crippen molar-refractivity contribution in [2.24, 2.45) is 0 Å². The molecule has 12 heavy (non-hydrogen) atoms. The van der Waals surface area contributed by atoms with E-state index in [1.165, 1.54) is 18.4 Å². The van der Waals surface area contributed by atoms with Crippen molar-refractivity contribution in [1.29, 1.82) is 0 Å². The van der Waals surface area contributed by atoms with Crippen LogP contribution in [0, 0.1) is 0 Å². The molecule has 0 N–H and O–H groups in total. The summed E-state index contributed by atoms with van der Waals surface area (Å²) in [6.45, 7) is 18.6. The predicted octanol–water partition coefficient (Wildman–Crippen LogP) is 4.75. The highest BCUT2D eigenvalue weighted by Gasteiger charge is 1.56. The monoisotopic (exact) mass is 168 g/mol. The van der Waals surface area contributed by atoms with Crippen LogP contribution >= 0.6 is 0 Å². The van der Waals surface area contributed by atoms with E-state index in [2.05, 4.69) is 33.6 Å². The largest absolute Gasteiger partial charge is 0.100 e. The van der Waals surface area contributed by atoms with Crippen LogP contribution in [0.3, 0.4) is 0 Å². The van der Waals surface area contributed by atoms with Gasteiger partial charge in [0.25, 0.3) is 0 Å². The molecule has 0 aliphatic carbocycles. The Balaban J connectivity index is -0.000000101. The number of hydrogen-bond acceptors (Lipinski definition) is 0.